The van der Waals surface area contributed by atoms with Gasteiger partial charge in [0.25, 0.3) is 0 Å². The predicted octanol–water partition coefficient (Wildman–Crippen LogP) is 7.18. The molecule has 0 aliphatic carbocycles. The first kappa shape index (κ1) is 24.1. The highest BCUT2D eigenvalue weighted by atomic mass is 32.1. The molecule has 3 rings (SSSR count). The maximum absolute atomic E-state index is 9.19. The van der Waals surface area contributed by atoms with Gasteiger partial charge in [0.15, 0.2) is 0 Å². The Balaban J connectivity index is 1.85. The van der Waals surface area contributed by atoms with Gasteiger partial charge in [0.05, 0.1) is 0 Å². The van der Waals surface area contributed by atoms with E-state index >= 15 is 0 Å². The number of benzene rings is 2. The fraction of sp³-hybridized carbons (Fsp3) is 0.357. The summed E-state index contributed by atoms with van der Waals surface area (Å²) in [6.07, 6.45) is 8.45. The van der Waals surface area contributed by atoms with Gasteiger partial charge in [-0.1, -0.05) is 43.7 Å². The van der Waals surface area contributed by atoms with Crippen molar-refractivity contribution in [2.24, 2.45) is 0 Å². The second-order valence-electron chi connectivity index (χ2n) is 8.05. The van der Waals surface area contributed by atoms with Gasteiger partial charge in [0.1, 0.15) is 12.4 Å². The summed E-state index contributed by atoms with van der Waals surface area (Å²) in [7, 11) is 0. The number of thiophene rings is 1. The lowest BCUT2D eigenvalue weighted by atomic mass is 10.1. The van der Waals surface area contributed by atoms with Crippen molar-refractivity contribution >= 4 is 29.2 Å². The lowest BCUT2D eigenvalue weighted by Crippen LogP contribution is -2.25. The molecule has 3 nitrogen and oxygen atoms in total. The average molecular weight is 450 g/mol. The number of unbranched alkanes of at least 4 members (excludes halogenated alkanes) is 2. The summed E-state index contributed by atoms with van der Waals surface area (Å²) in [4.78, 5) is 4.98. The second kappa shape index (κ2) is 13.1. The number of ether oxygens (including phenoxy) is 1. The molecule has 0 bridgehead atoms. The molecule has 4 heteroatoms. The summed E-state index contributed by atoms with van der Waals surface area (Å²) in [6, 6.07) is 21.1. The largest absolute Gasteiger partial charge is 0.488 e. The summed E-state index contributed by atoms with van der Waals surface area (Å²) in [5, 5.41) is 9.19. The minimum atomic E-state index is 0.249. The van der Waals surface area contributed by atoms with Gasteiger partial charge in [0.2, 0.25) is 0 Å². The molecule has 3 aromatic rings. The number of aryl methyl sites for hydroxylation is 1. The molecule has 1 N–H and O–H groups in total. The van der Waals surface area contributed by atoms with Crippen LogP contribution in [0.3, 0.4) is 0 Å². The van der Waals surface area contributed by atoms with Gasteiger partial charge in [0, 0.05) is 46.8 Å². The highest BCUT2D eigenvalue weighted by molar-refractivity contribution is 7.12. The van der Waals surface area contributed by atoms with Gasteiger partial charge in [-0.15, -0.1) is 11.3 Å². The van der Waals surface area contributed by atoms with E-state index in [1.807, 2.05) is 18.2 Å². The van der Waals surface area contributed by atoms with Crippen molar-refractivity contribution in [3.63, 3.8) is 0 Å². The highest BCUT2D eigenvalue weighted by Gasteiger charge is 2.10. The molecule has 170 valence electrons. The van der Waals surface area contributed by atoms with Crippen LogP contribution in [0.15, 0.2) is 60.7 Å². The van der Waals surface area contributed by atoms with Crippen LogP contribution in [0, 0.1) is 6.92 Å². The number of aliphatic hydroxyl groups is 1. The van der Waals surface area contributed by atoms with Gasteiger partial charge in [-0.05, 0) is 68.2 Å². The standard InChI is InChI=1S/C28H35NO2S/c1-3-4-18-29(19-8-9-20-30)26-15-13-25(14-17-27-16-12-23(2)32-27)28(21-26)31-22-24-10-6-5-7-11-24/h5-7,10-17,21,30H,3-4,8-9,18-20,22H2,1-2H3/b17-14+. The molecule has 1 heterocycles. The topological polar surface area (TPSA) is 32.7 Å². The van der Waals surface area contributed by atoms with E-state index in [1.165, 1.54) is 15.4 Å². The number of hydrogen-bond acceptors (Lipinski definition) is 4. The molecular weight excluding hydrogens is 414 g/mol. The van der Waals surface area contributed by atoms with Crippen molar-refractivity contribution in [2.45, 2.75) is 46.1 Å². The average Bonchev–Trinajstić information content (AvgIpc) is 3.24. The van der Waals surface area contributed by atoms with Crippen molar-refractivity contribution in [3.05, 3.63) is 81.5 Å². The van der Waals surface area contributed by atoms with Crippen molar-refractivity contribution in [1.29, 1.82) is 0 Å². The van der Waals surface area contributed by atoms with E-state index in [0.717, 1.165) is 55.6 Å². The summed E-state index contributed by atoms with van der Waals surface area (Å²) in [6.45, 7) is 7.11. The Hall–Kier alpha value is -2.56. The van der Waals surface area contributed by atoms with Crippen LogP contribution in [-0.2, 0) is 6.61 Å². The van der Waals surface area contributed by atoms with Crippen LogP contribution in [-0.4, -0.2) is 24.8 Å². The molecule has 0 saturated carbocycles. The Labute approximate surface area is 197 Å². The predicted molar refractivity (Wildman–Crippen MR) is 139 cm³/mol. The molecule has 0 aliphatic heterocycles. The van der Waals surface area contributed by atoms with E-state index < -0.39 is 0 Å². The maximum Gasteiger partial charge on any atom is 0.129 e. The quantitative estimate of drug-likeness (QED) is 0.280. The molecule has 0 atom stereocenters. The molecule has 0 spiro atoms. The van der Waals surface area contributed by atoms with Gasteiger partial charge in [-0.3, -0.25) is 0 Å². The van der Waals surface area contributed by atoms with Crippen LogP contribution >= 0.6 is 11.3 Å². The minimum absolute atomic E-state index is 0.249. The molecule has 0 unspecified atom stereocenters. The Bertz CT molecular complexity index is 965. The first-order valence-electron chi connectivity index (χ1n) is 11.6. The zero-order valence-corrected chi connectivity index (χ0v) is 20.1. The van der Waals surface area contributed by atoms with E-state index in [2.05, 4.69) is 73.4 Å². The summed E-state index contributed by atoms with van der Waals surface area (Å²) >= 11 is 1.80. The number of nitrogens with zero attached hydrogens (tertiary/aromatic N) is 1. The van der Waals surface area contributed by atoms with Crippen molar-refractivity contribution in [1.82, 2.24) is 0 Å². The Morgan fingerprint density at radius 1 is 0.938 bits per heavy atom. The molecule has 0 amide bonds. The first-order valence-corrected chi connectivity index (χ1v) is 12.4. The summed E-state index contributed by atoms with van der Waals surface area (Å²) < 4.78 is 6.32. The van der Waals surface area contributed by atoms with Gasteiger partial charge in [-0.25, -0.2) is 0 Å². The summed E-state index contributed by atoms with van der Waals surface area (Å²) in [5.74, 6) is 0.902. The first-order chi connectivity index (χ1) is 15.7. The molecule has 2 aromatic carbocycles. The molecule has 1 aromatic heterocycles. The van der Waals surface area contributed by atoms with E-state index in [-0.39, 0.29) is 6.61 Å². The minimum Gasteiger partial charge on any atom is -0.488 e. The van der Waals surface area contributed by atoms with Crippen LogP contribution in [0.2, 0.25) is 0 Å². The Morgan fingerprint density at radius 3 is 2.47 bits per heavy atom. The SMILES string of the molecule is CCCCN(CCCCO)c1ccc(/C=C/c2ccc(C)s2)c(OCc2ccccc2)c1. The van der Waals surface area contributed by atoms with Crippen molar-refractivity contribution < 1.29 is 9.84 Å². The fourth-order valence-electron chi connectivity index (χ4n) is 3.57. The zero-order valence-electron chi connectivity index (χ0n) is 19.3. The third-order valence-corrected chi connectivity index (χ3v) is 6.37. The van der Waals surface area contributed by atoms with Crippen LogP contribution < -0.4 is 9.64 Å². The third-order valence-electron chi connectivity index (χ3n) is 5.41. The normalized spacial score (nSPS) is 11.2. The number of anilines is 1. The van der Waals surface area contributed by atoms with Crippen LogP contribution in [0.1, 0.15) is 53.5 Å². The van der Waals surface area contributed by atoms with E-state index in [0.29, 0.717) is 6.61 Å². The van der Waals surface area contributed by atoms with Gasteiger partial charge >= 0.3 is 0 Å². The zero-order chi connectivity index (χ0) is 22.6. The van der Waals surface area contributed by atoms with Gasteiger partial charge in [-0.2, -0.15) is 0 Å². The monoisotopic (exact) mass is 449 g/mol. The summed E-state index contributed by atoms with van der Waals surface area (Å²) in [5.41, 5.74) is 3.43. The number of rotatable bonds is 13. The van der Waals surface area contributed by atoms with Crippen LogP contribution in [0.5, 0.6) is 5.75 Å². The van der Waals surface area contributed by atoms with Crippen LogP contribution in [0.4, 0.5) is 5.69 Å². The lowest BCUT2D eigenvalue weighted by Gasteiger charge is -2.26. The highest BCUT2D eigenvalue weighted by Crippen LogP contribution is 2.30. The van der Waals surface area contributed by atoms with Crippen molar-refractivity contribution in [2.75, 3.05) is 24.6 Å². The van der Waals surface area contributed by atoms with E-state index in [1.54, 1.807) is 11.3 Å². The Morgan fingerprint density at radius 2 is 1.75 bits per heavy atom. The lowest BCUT2D eigenvalue weighted by molar-refractivity contribution is 0.285. The smallest absolute Gasteiger partial charge is 0.129 e. The molecule has 0 fully saturated rings. The fourth-order valence-corrected chi connectivity index (χ4v) is 4.35. The van der Waals surface area contributed by atoms with Gasteiger partial charge < -0.3 is 14.7 Å². The maximum atomic E-state index is 9.19. The van der Waals surface area contributed by atoms with E-state index in [9.17, 15) is 5.11 Å². The van der Waals surface area contributed by atoms with Crippen LogP contribution in [0.25, 0.3) is 12.2 Å². The van der Waals surface area contributed by atoms with Crippen molar-refractivity contribution in [3.8, 4) is 5.75 Å². The van der Waals surface area contributed by atoms with E-state index in [4.69, 9.17) is 4.74 Å². The number of aliphatic hydroxyl groups excluding tert-OH is 1. The molecule has 0 aliphatic rings. The second-order valence-corrected chi connectivity index (χ2v) is 9.37. The molecular formula is C28H35NO2S. The molecule has 0 radical (unpaired) electrons. The third kappa shape index (κ3) is 7.54. The number of hydrogen-bond donors (Lipinski definition) is 1. The Kier molecular flexibility index (Phi) is 9.86. The molecule has 0 saturated heterocycles. The molecule has 32 heavy (non-hydrogen) atoms.